The predicted octanol–water partition coefficient (Wildman–Crippen LogP) is 6.06. The fourth-order valence-corrected chi connectivity index (χ4v) is 11.9. The van der Waals surface area contributed by atoms with Gasteiger partial charge in [0.05, 0.1) is 30.3 Å². The van der Waals surface area contributed by atoms with Gasteiger partial charge in [-0.2, -0.15) is 0 Å². The molecule has 0 aliphatic heterocycles. The third kappa shape index (κ3) is 4.81. The molecule has 8 heteroatoms. The third-order valence-corrected chi connectivity index (χ3v) is 15.4. The number of carbonyl (C=O) groups is 2. The van der Waals surface area contributed by atoms with Crippen LogP contribution in [-0.2, 0) is 19.1 Å². The van der Waals surface area contributed by atoms with Gasteiger partial charge in [-0.05, 0) is 100 Å². The Kier molecular flexibility index (Phi) is 9.36. The molecule has 8 nitrogen and oxygen atoms in total. The highest BCUT2D eigenvalue weighted by Crippen LogP contribution is 2.76. The van der Waals surface area contributed by atoms with E-state index >= 15 is 0 Å². The molecule has 5 rings (SSSR count). The quantitative estimate of drug-likeness (QED) is 0.158. The smallest absolute Gasteiger partial charge is 0.333 e. The average molecular weight is 671 g/mol. The van der Waals surface area contributed by atoms with Gasteiger partial charge in [0.1, 0.15) is 6.10 Å². The van der Waals surface area contributed by atoms with Crippen LogP contribution in [0, 0.1) is 50.2 Å². The van der Waals surface area contributed by atoms with Gasteiger partial charge in [0.15, 0.2) is 6.10 Å². The van der Waals surface area contributed by atoms with Crippen LogP contribution in [0.25, 0.3) is 0 Å². The lowest BCUT2D eigenvalue weighted by atomic mass is 9.32. The average Bonchev–Trinajstić information content (AvgIpc) is 3.03. The summed E-state index contributed by atoms with van der Waals surface area (Å²) in [7, 11) is 0. The summed E-state index contributed by atoms with van der Waals surface area (Å²) in [5.41, 5.74) is -2.06. The van der Waals surface area contributed by atoms with Crippen molar-refractivity contribution >= 4 is 11.9 Å². The molecule has 0 radical (unpaired) electrons. The van der Waals surface area contributed by atoms with Crippen LogP contribution in [-0.4, -0.2) is 69.5 Å². The Morgan fingerprint density at radius 1 is 0.833 bits per heavy atom. The molecule has 0 amide bonds. The van der Waals surface area contributed by atoms with E-state index in [0.29, 0.717) is 23.5 Å². The highest BCUT2D eigenvalue weighted by Gasteiger charge is 2.76. The van der Waals surface area contributed by atoms with Crippen molar-refractivity contribution in [3.63, 3.8) is 0 Å². The molecule has 4 saturated carbocycles. The summed E-state index contributed by atoms with van der Waals surface area (Å²) in [5, 5.41) is 47.8. The number of rotatable bonds is 5. The van der Waals surface area contributed by atoms with Gasteiger partial charge < -0.3 is 29.9 Å². The number of ether oxygens (including phenoxy) is 2. The Labute approximate surface area is 288 Å². The van der Waals surface area contributed by atoms with Crippen LogP contribution in [0.1, 0.15) is 115 Å². The number of allylic oxidation sites excluding steroid dienone is 3. The van der Waals surface area contributed by atoms with Gasteiger partial charge >= 0.3 is 11.9 Å². The van der Waals surface area contributed by atoms with Crippen molar-refractivity contribution in [2.24, 2.45) is 50.2 Å². The number of carbonyl (C=O) groups excluding carboxylic acids is 2. The molecule has 0 bridgehead atoms. The van der Waals surface area contributed by atoms with E-state index < -0.39 is 70.5 Å². The molecule has 48 heavy (non-hydrogen) atoms. The second kappa shape index (κ2) is 12.1. The molecule has 4 fully saturated rings. The first-order valence-electron chi connectivity index (χ1n) is 18.2. The Morgan fingerprint density at radius 2 is 1.40 bits per heavy atom. The van der Waals surface area contributed by atoms with E-state index in [0.717, 1.165) is 37.7 Å². The van der Waals surface area contributed by atoms with E-state index in [9.17, 15) is 30.0 Å². The van der Waals surface area contributed by atoms with Crippen molar-refractivity contribution in [2.75, 3.05) is 6.61 Å². The van der Waals surface area contributed by atoms with E-state index in [1.165, 1.54) is 0 Å². The molecule has 0 aromatic carbocycles. The van der Waals surface area contributed by atoms with E-state index in [2.05, 4.69) is 40.7 Å². The SMILES string of the molecule is CC=C(C)C(=O)O[C@H]1[C@H](OC(=O)C(C)=CC)[C@@]2(CO)C(CC1(C)C)C1=CCC3[C@@]4(C)CC[C@H](O)C(C)(C)C4CC[C@@]3(C)[C@]1(C)[C@@H](O)[C@H]2O. The maximum absolute atomic E-state index is 13.5. The molecule has 0 aromatic rings. The molecule has 0 aromatic heterocycles. The summed E-state index contributed by atoms with van der Waals surface area (Å²) in [6.45, 7) is 21.4. The van der Waals surface area contributed by atoms with E-state index in [1.807, 2.05) is 13.8 Å². The lowest BCUT2D eigenvalue weighted by Crippen LogP contribution is -2.76. The Bertz CT molecular complexity index is 1410. The van der Waals surface area contributed by atoms with Crippen molar-refractivity contribution in [3.8, 4) is 0 Å². The van der Waals surface area contributed by atoms with Gasteiger partial charge in [0.2, 0.25) is 0 Å². The van der Waals surface area contributed by atoms with E-state index in [-0.39, 0.29) is 22.9 Å². The van der Waals surface area contributed by atoms with Crippen molar-refractivity contribution in [3.05, 3.63) is 34.9 Å². The third-order valence-electron chi connectivity index (χ3n) is 15.4. The Morgan fingerprint density at radius 3 is 1.94 bits per heavy atom. The van der Waals surface area contributed by atoms with E-state index in [4.69, 9.17) is 9.47 Å². The van der Waals surface area contributed by atoms with Crippen molar-refractivity contribution < 1.29 is 39.5 Å². The minimum atomic E-state index is -1.53. The second-order valence-corrected chi connectivity index (χ2v) is 18.0. The lowest BCUT2D eigenvalue weighted by molar-refractivity contribution is -0.292. The number of fused-ring (bicyclic) bond motifs is 7. The molecular formula is C40H62O8. The molecule has 270 valence electrons. The largest absolute Gasteiger partial charge is 0.454 e. The first-order valence-corrected chi connectivity index (χ1v) is 18.2. The summed E-state index contributed by atoms with van der Waals surface area (Å²) in [6, 6.07) is 0. The summed E-state index contributed by atoms with van der Waals surface area (Å²) in [5.74, 6) is -1.12. The van der Waals surface area contributed by atoms with Gasteiger partial charge in [-0.1, -0.05) is 72.3 Å². The maximum atomic E-state index is 13.5. The highest BCUT2D eigenvalue weighted by molar-refractivity contribution is 5.88. The molecule has 5 aliphatic rings. The van der Waals surface area contributed by atoms with Crippen LogP contribution in [0.2, 0.25) is 0 Å². The van der Waals surface area contributed by atoms with Crippen LogP contribution in [0.5, 0.6) is 0 Å². The highest BCUT2D eigenvalue weighted by atomic mass is 16.6. The maximum Gasteiger partial charge on any atom is 0.333 e. The van der Waals surface area contributed by atoms with Gasteiger partial charge in [0, 0.05) is 22.0 Å². The van der Waals surface area contributed by atoms with Crippen LogP contribution in [0.15, 0.2) is 34.9 Å². The van der Waals surface area contributed by atoms with Gasteiger partial charge in [0.25, 0.3) is 0 Å². The summed E-state index contributed by atoms with van der Waals surface area (Å²) >= 11 is 0. The van der Waals surface area contributed by atoms with Crippen molar-refractivity contribution in [1.82, 2.24) is 0 Å². The number of esters is 2. The van der Waals surface area contributed by atoms with Crippen molar-refractivity contribution in [1.29, 1.82) is 0 Å². The molecule has 5 aliphatic carbocycles. The minimum absolute atomic E-state index is 0.0746. The molecule has 0 spiro atoms. The fourth-order valence-electron chi connectivity index (χ4n) is 11.9. The second-order valence-electron chi connectivity index (χ2n) is 18.0. The fraction of sp³-hybridized carbons (Fsp3) is 0.800. The Balaban J connectivity index is 1.69. The molecule has 4 N–H and O–H groups in total. The van der Waals surface area contributed by atoms with Crippen molar-refractivity contribution in [2.45, 2.75) is 145 Å². The first-order chi connectivity index (χ1) is 22.2. The molecule has 0 saturated heterocycles. The zero-order valence-electron chi connectivity index (χ0n) is 31.2. The Hall–Kier alpha value is -2.00. The topological polar surface area (TPSA) is 134 Å². The first kappa shape index (κ1) is 37.3. The summed E-state index contributed by atoms with van der Waals surface area (Å²) < 4.78 is 12.4. The minimum Gasteiger partial charge on any atom is -0.454 e. The standard InChI is InChI=1S/C40H62O8/c1-12-22(3)33(45)47-31-32(48-34(46)23(4)13-2)40(21-41)25(20-35(31,5)6)24-14-15-27-37(9)18-17-28(42)36(7,8)26(37)16-19-38(27,10)39(24,11)29(43)30(40)44/h12-14,25-32,41-44H,15-21H2,1-11H3/t25?,26?,27?,28-,29-,30+,31-,32-,37-,38+,39-,40-/m0/s1. The zero-order chi connectivity index (χ0) is 36.0. The summed E-state index contributed by atoms with van der Waals surface area (Å²) in [4.78, 5) is 26.8. The predicted molar refractivity (Wildman–Crippen MR) is 184 cm³/mol. The number of aliphatic hydroxyl groups is 4. The number of aliphatic hydroxyl groups excluding tert-OH is 4. The van der Waals surface area contributed by atoms with Crippen LogP contribution < -0.4 is 0 Å². The van der Waals surface area contributed by atoms with Gasteiger partial charge in [-0.25, -0.2) is 9.59 Å². The molecule has 3 unspecified atom stereocenters. The number of hydrogen-bond acceptors (Lipinski definition) is 8. The normalized spacial score (nSPS) is 46.6. The van der Waals surface area contributed by atoms with Gasteiger partial charge in [-0.15, -0.1) is 0 Å². The van der Waals surface area contributed by atoms with Crippen LogP contribution in [0.4, 0.5) is 0 Å². The van der Waals surface area contributed by atoms with Gasteiger partial charge in [-0.3, -0.25) is 0 Å². The van der Waals surface area contributed by atoms with Crippen LogP contribution >= 0.6 is 0 Å². The number of hydrogen-bond donors (Lipinski definition) is 4. The monoisotopic (exact) mass is 670 g/mol. The summed E-state index contributed by atoms with van der Waals surface area (Å²) in [6.07, 6.45) is 4.81. The molecule has 12 atom stereocenters. The molecular weight excluding hydrogens is 608 g/mol. The lowest BCUT2D eigenvalue weighted by Gasteiger charge is -2.73. The van der Waals surface area contributed by atoms with E-state index in [1.54, 1.807) is 39.8 Å². The van der Waals surface area contributed by atoms with Crippen LogP contribution in [0.3, 0.4) is 0 Å². The molecule has 0 heterocycles. The zero-order valence-corrected chi connectivity index (χ0v) is 31.2.